The summed E-state index contributed by atoms with van der Waals surface area (Å²) in [5.41, 5.74) is 2.64. The molecule has 1 fully saturated rings. The molecule has 0 amide bonds. The molecule has 0 unspecified atom stereocenters. The molecule has 36 heavy (non-hydrogen) atoms. The zero-order valence-corrected chi connectivity index (χ0v) is 21.0. The molecule has 4 aromatic rings. The lowest BCUT2D eigenvalue weighted by Gasteiger charge is -2.16. The van der Waals surface area contributed by atoms with Crippen molar-refractivity contribution in [2.24, 2.45) is 0 Å². The molecule has 4 aromatic heterocycles. The summed E-state index contributed by atoms with van der Waals surface area (Å²) in [5.74, 6) is 0.928. The van der Waals surface area contributed by atoms with E-state index in [1.807, 2.05) is 13.8 Å². The Kier molecular flexibility index (Phi) is 6.20. The van der Waals surface area contributed by atoms with Crippen LogP contribution in [0.5, 0.6) is 0 Å². The van der Waals surface area contributed by atoms with Crippen LogP contribution in [0.25, 0.3) is 22.7 Å². The van der Waals surface area contributed by atoms with E-state index in [4.69, 9.17) is 0 Å². The number of anilines is 1. The molecule has 0 aromatic carbocycles. The average molecular weight is 507 g/mol. The van der Waals surface area contributed by atoms with Crippen LogP contribution in [0.15, 0.2) is 46.6 Å². The quantitative estimate of drug-likeness (QED) is 0.378. The van der Waals surface area contributed by atoms with Gasteiger partial charge in [0, 0.05) is 30.6 Å². The van der Waals surface area contributed by atoms with Crippen LogP contribution < -0.4 is 10.9 Å². The third kappa shape index (κ3) is 4.55. The highest BCUT2D eigenvalue weighted by Gasteiger charge is 2.29. The molecular weight excluding hydrogens is 480 g/mol. The summed E-state index contributed by atoms with van der Waals surface area (Å²) in [6, 6.07) is 2.94. The Morgan fingerprint density at radius 3 is 2.50 bits per heavy atom. The highest BCUT2D eigenvalue weighted by atomic mass is 32.2. The van der Waals surface area contributed by atoms with E-state index in [2.05, 4.69) is 35.2 Å². The Balaban J connectivity index is 1.49. The van der Waals surface area contributed by atoms with Gasteiger partial charge in [-0.2, -0.15) is 0 Å². The largest absolute Gasteiger partial charge is 0.360 e. The lowest BCUT2D eigenvalue weighted by molar-refractivity contribution is 0.593. The number of fused-ring (bicyclic) bond motifs is 1. The molecule has 0 aliphatic heterocycles. The van der Waals surface area contributed by atoms with Gasteiger partial charge in [0.05, 0.1) is 34.8 Å². The summed E-state index contributed by atoms with van der Waals surface area (Å²) in [7, 11) is -3.33. The minimum atomic E-state index is -3.33. The first-order chi connectivity index (χ1) is 17.3. The summed E-state index contributed by atoms with van der Waals surface area (Å²) < 4.78 is 25.6. The van der Waals surface area contributed by atoms with E-state index < -0.39 is 9.84 Å². The number of nitrogens with zero attached hydrogens (tertiary/aromatic N) is 7. The number of rotatable bonds is 8. The third-order valence-corrected chi connectivity index (χ3v) is 7.74. The van der Waals surface area contributed by atoms with Crippen LogP contribution in [0, 0.1) is 0 Å². The van der Waals surface area contributed by atoms with Crippen LogP contribution in [-0.4, -0.2) is 48.6 Å². The second-order valence-electron chi connectivity index (χ2n) is 8.94. The van der Waals surface area contributed by atoms with Gasteiger partial charge in [-0.15, -0.1) is 0 Å². The van der Waals surface area contributed by atoms with Gasteiger partial charge in [0.15, 0.2) is 27.1 Å². The molecule has 0 atom stereocenters. The van der Waals surface area contributed by atoms with Gasteiger partial charge in [-0.3, -0.25) is 19.3 Å². The maximum atomic E-state index is 13.4. The standard InChI is InChI=1S/C24H26N8O3S/c1-4-36(34,35)17-8-7-16(27-12-17)11-28-22-24(33)32(14(2)3)23-18(30-22)13-29-21(31-23)20-19(15-5-6-15)25-9-10-26-20/h7-10,12-15H,4-6,11H2,1-3H3,(H,28,30). The van der Waals surface area contributed by atoms with Gasteiger partial charge in [0.1, 0.15) is 11.2 Å². The molecule has 186 valence electrons. The lowest BCUT2D eigenvalue weighted by atomic mass is 10.2. The normalized spacial score (nSPS) is 13.9. The highest BCUT2D eigenvalue weighted by molar-refractivity contribution is 7.91. The van der Waals surface area contributed by atoms with Crippen molar-refractivity contribution in [1.82, 2.24) is 34.5 Å². The second-order valence-corrected chi connectivity index (χ2v) is 11.2. The molecule has 0 spiro atoms. The predicted octanol–water partition coefficient (Wildman–Crippen LogP) is 2.90. The molecule has 4 heterocycles. The molecular formula is C24H26N8O3S. The van der Waals surface area contributed by atoms with E-state index in [0.29, 0.717) is 34.3 Å². The SMILES string of the molecule is CCS(=O)(=O)c1ccc(CNc2nc3cnc(-c4nccnc4C4CC4)nc3n(C(C)C)c2=O)nc1. The molecule has 12 heteroatoms. The van der Waals surface area contributed by atoms with Crippen molar-refractivity contribution in [2.45, 2.75) is 57.0 Å². The van der Waals surface area contributed by atoms with Crippen molar-refractivity contribution < 1.29 is 8.42 Å². The maximum Gasteiger partial charge on any atom is 0.295 e. The third-order valence-electron chi connectivity index (χ3n) is 6.02. The fraction of sp³-hybridized carbons (Fsp3) is 0.375. The Morgan fingerprint density at radius 1 is 1.06 bits per heavy atom. The molecule has 0 saturated heterocycles. The molecule has 1 N–H and O–H groups in total. The van der Waals surface area contributed by atoms with Gasteiger partial charge in [-0.25, -0.2) is 28.4 Å². The van der Waals surface area contributed by atoms with E-state index >= 15 is 0 Å². The van der Waals surface area contributed by atoms with E-state index in [-0.39, 0.29) is 34.6 Å². The predicted molar refractivity (Wildman–Crippen MR) is 134 cm³/mol. The second kappa shape index (κ2) is 9.34. The molecule has 0 radical (unpaired) electrons. The van der Waals surface area contributed by atoms with Crippen molar-refractivity contribution in [2.75, 3.05) is 11.1 Å². The fourth-order valence-corrected chi connectivity index (χ4v) is 4.75. The van der Waals surface area contributed by atoms with Crippen LogP contribution in [0.4, 0.5) is 5.82 Å². The molecule has 0 bridgehead atoms. The first-order valence-corrected chi connectivity index (χ1v) is 13.5. The summed E-state index contributed by atoms with van der Waals surface area (Å²) in [6.07, 6.45) is 8.35. The Morgan fingerprint density at radius 2 is 1.83 bits per heavy atom. The molecule has 1 saturated carbocycles. The number of aromatic nitrogens is 7. The van der Waals surface area contributed by atoms with Gasteiger partial charge in [0.2, 0.25) is 0 Å². The molecule has 11 nitrogen and oxygen atoms in total. The van der Waals surface area contributed by atoms with Crippen molar-refractivity contribution in [3.05, 3.63) is 58.7 Å². The van der Waals surface area contributed by atoms with Crippen LogP contribution in [0.2, 0.25) is 0 Å². The monoisotopic (exact) mass is 506 g/mol. The van der Waals surface area contributed by atoms with Gasteiger partial charge >= 0.3 is 0 Å². The van der Waals surface area contributed by atoms with Gasteiger partial charge in [-0.05, 0) is 38.8 Å². The summed E-state index contributed by atoms with van der Waals surface area (Å²) in [6.45, 7) is 5.58. The van der Waals surface area contributed by atoms with Crippen LogP contribution in [-0.2, 0) is 16.4 Å². The minimum Gasteiger partial charge on any atom is -0.360 e. The molecule has 5 rings (SSSR count). The van der Waals surface area contributed by atoms with Gasteiger partial charge in [0.25, 0.3) is 5.56 Å². The van der Waals surface area contributed by atoms with Crippen LogP contribution >= 0.6 is 0 Å². The number of hydrogen-bond donors (Lipinski definition) is 1. The Hall–Kier alpha value is -3.80. The Bertz CT molecular complexity index is 1600. The van der Waals surface area contributed by atoms with E-state index in [0.717, 1.165) is 18.5 Å². The first-order valence-electron chi connectivity index (χ1n) is 11.8. The summed E-state index contributed by atoms with van der Waals surface area (Å²) in [5, 5.41) is 3.03. The maximum absolute atomic E-state index is 13.4. The summed E-state index contributed by atoms with van der Waals surface area (Å²) >= 11 is 0. The van der Waals surface area contributed by atoms with Crippen molar-refractivity contribution in [3.8, 4) is 11.5 Å². The summed E-state index contributed by atoms with van der Waals surface area (Å²) in [4.78, 5) is 40.3. The minimum absolute atomic E-state index is 0.00452. The van der Waals surface area contributed by atoms with Gasteiger partial charge in [-0.1, -0.05) is 6.92 Å². The van der Waals surface area contributed by atoms with Crippen LogP contribution in [0.1, 0.15) is 57.0 Å². The number of sulfone groups is 1. The molecule has 1 aliphatic carbocycles. The number of nitrogens with one attached hydrogen (secondary N) is 1. The smallest absolute Gasteiger partial charge is 0.295 e. The molecule has 1 aliphatic rings. The zero-order valence-electron chi connectivity index (χ0n) is 20.2. The average Bonchev–Trinajstić information content (AvgIpc) is 3.73. The topological polar surface area (TPSA) is 146 Å². The highest BCUT2D eigenvalue weighted by Crippen LogP contribution is 2.41. The first kappa shape index (κ1) is 23.9. The lowest BCUT2D eigenvalue weighted by Crippen LogP contribution is -2.27. The van der Waals surface area contributed by atoms with Crippen LogP contribution in [0.3, 0.4) is 0 Å². The fourth-order valence-electron chi connectivity index (χ4n) is 3.93. The van der Waals surface area contributed by atoms with Crippen molar-refractivity contribution >= 4 is 26.8 Å². The van der Waals surface area contributed by atoms with E-state index in [1.54, 1.807) is 36.1 Å². The van der Waals surface area contributed by atoms with E-state index in [9.17, 15) is 13.2 Å². The zero-order chi connectivity index (χ0) is 25.4. The van der Waals surface area contributed by atoms with Gasteiger partial charge < -0.3 is 5.32 Å². The Labute approximate surface area is 208 Å². The number of pyridine rings is 1. The van der Waals surface area contributed by atoms with Crippen molar-refractivity contribution in [1.29, 1.82) is 0 Å². The number of hydrogen-bond acceptors (Lipinski definition) is 10. The van der Waals surface area contributed by atoms with Crippen molar-refractivity contribution in [3.63, 3.8) is 0 Å². The van der Waals surface area contributed by atoms with E-state index in [1.165, 1.54) is 12.3 Å².